The third-order valence-corrected chi connectivity index (χ3v) is 5.87. The lowest BCUT2D eigenvalue weighted by atomic mass is 10.2. The van der Waals surface area contributed by atoms with Gasteiger partial charge in [0.25, 0.3) is 11.1 Å². The number of imide groups is 1. The Labute approximate surface area is 190 Å². The molecule has 1 saturated heterocycles. The summed E-state index contributed by atoms with van der Waals surface area (Å²) in [6, 6.07) is 12.4. The highest BCUT2D eigenvalue weighted by molar-refractivity contribution is 8.18. The Hall–Kier alpha value is -2.77. The molecule has 162 valence electrons. The van der Waals surface area contributed by atoms with Crippen LogP contribution in [0.1, 0.15) is 31.4 Å². The van der Waals surface area contributed by atoms with E-state index in [1.54, 1.807) is 36.4 Å². The van der Waals surface area contributed by atoms with Gasteiger partial charge in [0, 0.05) is 5.69 Å². The van der Waals surface area contributed by atoms with Crippen molar-refractivity contribution in [2.45, 2.75) is 33.3 Å². The van der Waals surface area contributed by atoms with Crippen molar-refractivity contribution in [3.63, 3.8) is 0 Å². The number of rotatable bonds is 7. The quantitative estimate of drug-likeness (QED) is 0.554. The maximum absolute atomic E-state index is 12.7. The van der Waals surface area contributed by atoms with E-state index in [2.05, 4.69) is 5.32 Å². The smallest absolute Gasteiger partial charge is 0.294 e. The van der Waals surface area contributed by atoms with Crippen molar-refractivity contribution in [3.8, 4) is 5.75 Å². The molecule has 3 amide bonds. The van der Waals surface area contributed by atoms with Crippen molar-refractivity contribution in [2.75, 3.05) is 11.9 Å². The van der Waals surface area contributed by atoms with Crippen LogP contribution >= 0.6 is 23.4 Å². The average molecular weight is 459 g/mol. The molecule has 2 aromatic rings. The van der Waals surface area contributed by atoms with E-state index in [9.17, 15) is 14.4 Å². The Morgan fingerprint density at radius 3 is 2.58 bits per heavy atom. The minimum Gasteiger partial charge on any atom is -0.489 e. The molecule has 1 aliphatic heterocycles. The number of anilines is 1. The second kappa shape index (κ2) is 10.0. The molecule has 0 aromatic heterocycles. The van der Waals surface area contributed by atoms with Crippen molar-refractivity contribution >= 4 is 52.2 Å². The normalized spacial score (nSPS) is 16.0. The van der Waals surface area contributed by atoms with Gasteiger partial charge in [0.1, 0.15) is 12.3 Å². The Morgan fingerprint density at radius 2 is 1.94 bits per heavy atom. The van der Waals surface area contributed by atoms with Crippen LogP contribution in [0.5, 0.6) is 5.75 Å². The predicted octanol–water partition coefficient (Wildman–Crippen LogP) is 5.50. The van der Waals surface area contributed by atoms with Gasteiger partial charge in [-0.1, -0.05) is 42.3 Å². The average Bonchev–Trinajstić information content (AvgIpc) is 2.99. The number of amides is 3. The van der Waals surface area contributed by atoms with Gasteiger partial charge in [-0.05, 0) is 67.9 Å². The van der Waals surface area contributed by atoms with Gasteiger partial charge in [0.2, 0.25) is 5.91 Å². The Morgan fingerprint density at radius 1 is 1.23 bits per heavy atom. The molecule has 0 aliphatic carbocycles. The van der Waals surface area contributed by atoms with Gasteiger partial charge in [-0.2, -0.15) is 0 Å². The van der Waals surface area contributed by atoms with Gasteiger partial charge in [-0.25, -0.2) is 0 Å². The molecule has 1 fully saturated rings. The number of hydrogen-bond donors (Lipinski definition) is 1. The monoisotopic (exact) mass is 458 g/mol. The number of thioether (sulfide) groups is 1. The summed E-state index contributed by atoms with van der Waals surface area (Å²) in [6.07, 6.45) is 2.47. The molecule has 6 nitrogen and oxygen atoms in total. The van der Waals surface area contributed by atoms with Gasteiger partial charge < -0.3 is 10.1 Å². The van der Waals surface area contributed by atoms with Crippen molar-refractivity contribution in [1.29, 1.82) is 0 Å². The van der Waals surface area contributed by atoms with Crippen molar-refractivity contribution in [3.05, 3.63) is 63.5 Å². The number of carbonyl (C=O) groups is 3. The Bertz CT molecular complexity index is 1040. The molecule has 0 bridgehead atoms. The van der Waals surface area contributed by atoms with Crippen LogP contribution in [0.15, 0.2) is 47.4 Å². The van der Waals surface area contributed by atoms with Crippen LogP contribution in [0.3, 0.4) is 0 Å². The van der Waals surface area contributed by atoms with Crippen molar-refractivity contribution in [1.82, 2.24) is 4.90 Å². The lowest BCUT2D eigenvalue weighted by molar-refractivity contribution is -0.127. The maximum Gasteiger partial charge on any atom is 0.294 e. The first-order valence-electron chi connectivity index (χ1n) is 9.85. The number of ether oxygens (including phenoxy) is 1. The molecule has 1 heterocycles. The number of hydrogen-bond acceptors (Lipinski definition) is 5. The third-order valence-electron chi connectivity index (χ3n) is 4.67. The SMILES string of the molecule is CC[C@@H](C)Oc1ccc(/C=C2\SC(=O)N(CC(=O)Nc3ccc(C)cc3)C2=O)cc1Cl. The molecule has 0 radical (unpaired) electrons. The summed E-state index contributed by atoms with van der Waals surface area (Å²) in [7, 11) is 0. The van der Waals surface area contributed by atoms with Crippen LogP contribution in [0, 0.1) is 6.92 Å². The summed E-state index contributed by atoms with van der Waals surface area (Å²) in [6.45, 7) is 5.56. The van der Waals surface area contributed by atoms with E-state index in [1.807, 2.05) is 32.9 Å². The number of aryl methyl sites for hydroxylation is 1. The van der Waals surface area contributed by atoms with E-state index in [-0.39, 0.29) is 17.6 Å². The first-order valence-corrected chi connectivity index (χ1v) is 11.0. The van der Waals surface area contributed by atoms with E-state index in [0.717, 1.165) is 28.6 Å². The molecular formula is C23H23ClN2O4S. The molecule has 0 saturated carbocycles. The molecule has 1 N–H and O–H groups in total. The van der Waals surface area contributed by atoms with E-state index in [0.29, 0.717) is 22.0 Å². The lowest BCUT2D eigenvalue weighted by Gasteiger charge is -2.14. The zero-order chi connectivity index (χ0) is 22.5. The van der Waals surface area contributed by atoms with Gasteiger partial charge in [0.15, 0.2) is 0 Å². The number of halogens is 1. The van der Waals surface area contributed by atoms with E-state index in [1.165, 1.54) is 0 Å². The highest BCUT2D eigenvalue weighted by atomic mass is 35.5. The van der Waals surface area contributed by atoms with Gasteiger partial charge >= 0.3 is 0 Å². The largest absolute Gasteiger partial charge is 0.489 e. The topological polar surface area (TPSA) is 75.7 Å². The van der Waals surface area contributed by atoms with Crippen molar-refractivity contribution < 1.29 is 19.1 Å². The first kappa shape index (κ1) is 22.9. The number of benzene rings is 2. The molecule has 0 unspecified atom stereocenters. The Kier molecular flexibility index (Phi) is 7.41. The fraction of sp³-hybridized carbons (Fsp3) is 0.261. The predicted molar refractivity (Wildman–Crippen MR) is 124 cm³/mol. The molecule has 1 aliphatic rings. The van der Waals surface area contributed by atoms with Gasteiger partial charge in [0.05, 0.1) is 16.0 Å². The summed E-state index contributed by atoms with van der Waals surface area (Å²) in [5, 5.41) is 2.62. The Balaban J connectivity index is 1.67. The fourth-order valence-corrected chi connectivity index (χ4v) is 3.84. The lowest BCUT2D eigenvalue weighted by Crippen LogP contribution is -2.36. The number of carbonyl (C=O) groups excluding carboxylic acids is 3. The van der Waals surface area contributed by atoms with Crippen LogP contribution in [0.4, 0.5) is 10.5 Å². The second-order valence-corrected chi connectivity index (χ2v) is 8.61. The molecule has 3 rings (SSSR count). The van der Waals surface area contributed by atoms with Crippen molar-refractivity contribution in [2.24, 2.45) is 0 Å². The zero-order valence-corrected chi connectivity index (χ0v) is 19.0. The van der Waals surface area contributed by atoms with E-state index < -0.39 is 17.1 Å². The van der Waals surface area contributed by atoms with Crippen LogP contribution in [0.25, 0.3) is 6.08 Å². The van der Waals surface area contributed by atoms with Crippen LogP contribution in [-0.4, -0.2) is 34.6 Å². The molecule has 8 heteroatoms. The standard InChI is InChI=1S/C23H23ClN2O4S/c1-4-15(3)30-19-10-7-16(11-18(19)24)12-20-22(28)26(23(29)31-20)13-21(27)25-17-8-5-14(2)6-9-17/h5-12,15H,4,13H2,1-3H3,(H,25,27)/b20-12-/t15-/m1/s1. The molecule has 2 aromatic carbocycles. The summed E-state index contributed by atoms with van der Waals surface area (Å²) in [5.74, 6) is -0.388. The van der Waals surface area contributed by atoms with E-state index in [4.69, 9.17) is 16.3 Å². The van der Waals surface area contributed by atoms with Gasteiger partial charge in [-0.3, -0.25) is 19.3 Å². The molecule has 31 heavy (non-hydrogen) atoms. The van der Waals surface area contributed by atoms with Crippen LogP contribution in [0.2, 0.25) is 5.02 Å². The fourth-order valence-electron chi connectivity index (χ4n) is 2.77. The maximum atomic E-state index is 12.7. The molecular weight excluding hydrogens is 436 g/mol. The van der Waals surface area contributed by atoms with Crippen LogP contribution < -0.4 is 10.1 Å². The summed E-state index contributed by atoms with van der Waals surface area (Å²) in [5.41, 5.74) is 2.33. The summed E-state index contributed by atoms with van der Waals surface area (Å²) in [4.78, 5) is 38.4. The zero-order valence-electron chi connectivity index (χ0n) is 17.5. The second-order valence-electron chi connectivity index (χ2n) is 7.21. The number of nitrogens with one attached hydrogen (secondary N) is 1. The third kappa shape index (κ3) is 5.89. The summed E-state index contributed by atoms with van der Waals surface area (Å²) < 4.78 is 5.74. The molecule has 0 spiro atoms. The minimum absolute atomic E-state index is 0.0332. The van der Waals surface area contributed by atoms with Crippen LogP contribution in [-0.2, 0) is 9.59 Å². The van der Waals surface area contributed by atoms with Gasteiger partial charge in [-0.15, -0.1) is 0 Å². The highest BCUT2D eigenvalue weighted by Crippen LogP contribution is 2.34. The molecule has 1 atom stereocenters. The summed E-state index contributed by atoms with van der Waals surface area (Å²) >= 11 is 7.08. The highest BCUT2D eigenvalue weighted by Gasteiger charge is 2.36. The minimum atomic E-state index is -0.509. The van der Waals surface area contributed by atoms with E-state index >= 15 is 0 Å². The number of nitrogens with zero attached hydrogens (tertiary/aromatic N) is 1. The first-order chi connectivity index (χ1) is 14.8.